The number of carbonyl (C=O) groups is 2. The number of aliphatic carboxylic acids is 1. The van der Waals surface area contributed by atoms with Crippen LogP contribution in [0.1, 0.15) is 12.8 Å². The first-order valence-corrected chi connectivity index (χ1v) is 4.77. The molecule has 0 atom stereocenters. The lowest BCUT2D eigenvalue weighted by Gasteiger charge is -2.17. The van der Waals surface area contributed by atoms with E-state index >= 15 is 0 Å². The lowest BCUT2D eigenvalue weighted by Crippen LogP contribution is -2.32. The van der Waals surface area contributed by atoms with Gasteiger partial charge in [-0.3, -0.25) is 4.79 Å². The summed E-state index contributed by atoms with van der Waals surface area (Å²) in [6.45, 7) is 0.867. The molecule has 4 heteroatoms. The Hall–Kier alpha value is -1.76. The van der Waals surface area contributed by atoms with Crippen LogP contribution >= 0.6 is 0 Å². The number of nitrogens with zero attached hydrogens (tertiary/aromatic N) is 1. The number of hydrogen-bond acceptors (Lipinski definition) is 2. The molecule has 0 spiro atoms. The minimum Gasteiger partial charge on any atom is -0.478 e. The summed E-state index contributed by atoms with van der Waals surface area (Å²) in [6, 6.07) is 0. The molecular weight excluding hydrogens is 194 g/mol. The molecule has 4 nitrogen and oxygen atoms in total. The topological polar surface area (TPSA) is 57.6 Å². The van der Waals surface area contributed by atoms with Crippen LogP contribution in [0.25, 0.3) is 0 Å². The van der Waals surface area contributed by atoms with Crippen molar-refractivity contribution in [1.82, 2.24) is 4.90 Å². The average Bonchev–Trinajstić information content (AvgIpc) is 2.97. The minimum atomic E-state index is -1.13. The van der Waals surface area contributed by atoms with Gasteiger partial charge in [-0.25, -0.2) is 4.79 Å². The predicted octanol–water partition coefficient (Wildman–Crippen LogP) is 0.499. The molecule has 0 radical (unpaired) electrons. The van der Waals surface area contributed by atoms with Crippen molar-refractivity contribution in [2.75, 3.05) is 13.1 Å². The van der Waals surface area contributed by atoms with Gasteiger partial charge < -0.3 is 10.0 Å². The van der Waals surface area contributed by atoms with E-state index in [0.29, 0.717) is 12.5 Å². The summed E-state index contributed by atoms with van der Waals surface area (Å²) in [4.78, 5) is 23.2. The number of amides is 1. The molecule has 0 saturated heterocycles. The quantitative estimate of drug-likeness (QED) is 0.527. The maximum Gasteiger partial charge on any atom is 0.328 e. The first-order valence-electron chi connectivity index (χ1n) is 4.77. The molecule has 0 aromatic heterocycles. The molecule has 0 aliphatic heterocycles. The molecule has 0 aromatic rings. The Morgan fingerprint density at radius 2 is 2.13 bits per heavy atom. The monoisotopic (exact) mass is 207 g/mol. The second kappa shape index (κ2) is 5.20. The van der Waals surface area contributed by atoms with Crippen molar-refractivity contribution in [3.05, 3.63) is 12.2 Å². The molecule has 0 heterocycles. The zero-order chi connectivity index (χ0) is 11.3. The summed E-state index contributed by atoms with van der Waals surface area (Å²) < 4.78 is 0. The standard InChI is InChI=1S/C11H13NO3/c1-2-7-12(8-9-3-4-9)10(13)5-6-11(14)15/h1,5-6,9H,3-4,7-8H2,(H,14,15)/b6-5+. The highest BCUT2D eigenvalue weighted by atomic mass is 16.4. The van der Waals surface area contributed by atoms with Crippen molar-refractivity contribution in [1.29, 1.82) is 0 Å². The fourth-order valence-corrected chi connectivity index (χ4v) is 1.20. The van der Waals surface area contributed by atoms with E-state index < -0.39 is 5.97 Å². The number of carbonyl (C=O) groups excluding carboxylic acids is 1. The van der Waals surface area contributed by atoms with E-state index in [0.717, 1.165) is 25.0 Å². The largest absolute Gasteiger partial charge is 0.478 e. The smallest absolute Gasteiger partial charge is 0.328 e. The molecule has 15 heavy (non-hydrogen) atoms. The number of carboxylic acid groups (broad SMARTS) is 1. The van der Waals surface area contributed by atoms with Gasteiger partial charge in [-0.2, -0.15) is 0 Å². The van der Waals surface area contributed by atoms with Gasteiger partial charge in [0, 0.05) is 18.7 Å². The van der Waals surface area contributed by atoms with Crippen LogP contribution in [0.4, 0.5) is 0 Å². The first kappa shape index (κ1) is 11.3. The molecule has 80 valence electrons. The van der Waals surface area contributed by atoms with Crippen molar-refractivity contribution in [2.45, 2.75) is 12.8 Å². The van der Waals surface area contributed by atoms with E-state index in [1.165, 1.54) is 4.90 Å². The normalized spacial score (nSPS) is 14.9. The predicted molar refractivity (Wildman–Crippen MR) is 54.9 cm³/mol. The number of carboxylic acids is 1. The maximum absolute atomic E-state index is 11.5. The lowest BCUT2D eigenvalue weighted by molar-refractivity contribution is -0.132. The third-order valence-corrected chi connectivity index (χ3v) is 2.14. The average molecular weight is 207 g/mol. The minimum absolute atomic E-state index is 0.235. The van der Waals surface area contributed by atoms with Crippen LogP contribution in [0.3, 0.4) is 0 Å². The Bertz CT molecular complexity index is 323. The van der Waals surface area contributed by atoms with Crippen LogP contribution < -0.4 is 0 Å². The Balaban J connectivity index is 2.49. The summed E-state index contributed by atoms with van der Waals surface area (Å²) >= 11 is 0. The van der Waals surface area contributed by atoms with Gasteiger partial charge >= 0.3 is 5.97 Å². The van der Waals surface area contributed by atoms with E-state index in [1.807, 2.05) is 0 Å². The van der Waals surface area contributed by atoms with E-state index in [9.17, 15) is 9.59 Å². The summed E-state index contributed by atoms with van der Waals surface area (Å²) in [5.74, 6) is 1.47. The Labute approximate surface area is 88.6 Å². The van der Waals surface area contributed by atoms with E-state index in [1.54, 1.807) is 0 Å². The second-order valence-corrected chi connectivity index (χ2v) is 3.54. The van der Waals surface area contributed by atoms with Gasteiger partial charge in [0.2, 0.25) is 5.91 Å². The lowest BCUT2D eigenvalue weighted by atomic mass is 10.3. The molecule has 0 unspecified atom stereocenters. The van der Waals surface area contributed by atoms with E-state index in [4.69, 9.17) is 11.5 Å². The molecule has 1 saturated carbocycles. The second-order valence-electron chi connectivity index (χ2n) is 3.54. The summed E-state index contributed by atoms with van der Waals surface area (Å²) in [5, 5.41) is 8.37. The van der Waals surface area contributed by atoms with Crippen molar-refractivity contribution in [2.24, 2.45) is 5.92 Å². The zero-order valence-electron chi connectivity index (χ0n) is 8.35. The third-order valence-electron chi connectivity index (χ3n) is 2.14. The molecular formula is C11H13NO3. The van der Waals surface area contributed by atoms with Gasteiger partial charge in [0.25, 0.3) is 0 Å². The molecule has 1 fully saturated rings. The molecule has 1 aliphatic carbocycles. The Morgan fingerprint density at radius 3 is 2.60 bits per heavy atom. The summed E-state index contributed by atoms with van der Waals surface area (Å²) in [6.07, 6.45) is 9.25. The molecule has 1 rings (SSSR count). The van der Waals surface area contributed by atoms with Crippen LogP contribution in [0.5, 0.6) is 0 Å². The van der Waals surface area contributed by atoms with E-state index in [2.05, 4.69) is 5.92 Å². The maximum atomic E-state index is 11.5. The summed E-state index contributed by atoms with van der Waals surface area (Å²) in [5.41, 5.74) is 0. The highest BCUT2D eigenvalue weighted by molar-refractivity contribution is 5.94. The van der Waals surface area contributed by atoms with Crippen LogP contribution in [0.15, 0.2) is 12.2 Å². The van der Waals surface area contributed by atoms with Crippen molar-refractivity contribution >= 4 is 11.9 Å². The molecule has 1 amide bonds. The highest BCUT2D eigenvalue weighted by Crippen LogP contribution is 2.29. The van der Waals surface area contributed by atoms with E-state index in [-0.39, 0.29) is 12.5 Å². The van der Waals surface area contributed by atoms with Gasteiger partial charge in [-0.15, -0.1) is 6.42 Å². The van der Waals surface area contributed by atoms with Crippen molar-refractivity contribution in [3.63, 3.8) is 0 Å². The number of terminal acetylenes is 1. The van der Waals surface area contributed by atoms with Crippen molar-refractivity contribution in [3.8, 4) is 12.3 Å². The molecule has 0 bridgehead atoms. The van der Waals surface area contributed by atoms with Crippen LogP contribution in [0.2, 0.25) is 0 Å². The molecule has 1 N–H and O–H groups in total. The van der Waals surface area contributed by atoms with Gasteiger partial charge in [0.05, 0.1) is 6.54 Å². The van der Waals surface area contributed by atoms with Crippen LogP contribution in [-0.4, -0.2) is 35.0 Å². The molecule has 1 aliphatic rings. The highest BCUT2D eigenvalue weighted by Gasteiger charge is 2.25. The van der Waals surface area contributed by atoms with Gasteiger partial charge in [0.15, 0.2) is 0 Å². The Kier molecular flexibility index (Phi) is 3.92. The van der Waals surface area contributed by atoms with Crippen LogP contribution in [-0.2, 0) is 9.59 Å². The number of hydrogen-bond donors (Lipinski definition) is 1. The first-order chi connectivity index (χ1) is 7.13. The fourth-order valence-electron chi connectivity index (χ4n) is 1.20. The fraction of sp³-hybridized carbons (Fsp3) is 0.455. The zero-order valence-corrected chi connectivity index (χ0v) is 8.35. The Morgan fingerprint density at radius 1 is 1.47 bits per heavy atom. The summed E-state index contributed by atoms with van der Waals surface area (Å²) in [7, 11) is 0. The number of rotatable bonds is 5. The van der Waals surface area contributed by atoms with Crippen LogP contribution in [0, 0.1) is 18.3 Å². The van der Waals surface area contributed by atoms with Gasteiger partial charge in [-0.1, -0.05) is 5.92 Å². The third kappa shape index (κ3) is 4.32. The molecule has 0 aromatic carbocycles. The van der Waals surface area contributed by atoms with Crippen molar-refractivity contribution < 1.29 is 14.7 Å². The SMILES string of the molecule is C#CCN(CC1CC1)C(=O)/C=C/C(=O)O. The van der Waals surface area contributed by atoms with Gasteiger partial charge in [-0.05, 0) is 18.8 Å². The van der Waals surface area contributed by atoms with Gasteiger partial charge in [0.1, 0.15) is 0 Å².